The van der Waals surface area contributed by atoms with Gasteiger partial charge in [-0.05, 0) is 30.5 Å². The highest BCUT2D eigenvalue weighted by atomic mass is 16.5. The summed E-state index contributed by atoms with van der Waals surface area (Å²) >= 11 is 0. The van der Waals surface area contributed by atoms with E-state index in [9.17, 15) is 4.79 Å². The number of hydrogen-bond acceptors (Lipinski definition) is 3. The molecular formula is C15H23N3O2. The summed E-state index contributed by atoms with van der Waals surface area (Å²) < 4.78 is 5.46. The lowest BCUT2D eigenvalue weighted by Gasteiger charge is -2.32. The second kappa shape index (κ2) is 7.24. The van der Waals surface area contributed by atoms with Gasteiger partial charge in [-0.15, -0.1) is 0 Å². The van der Waals surface area contributed by atoms with Crippen LogP contribution in [-0.4, -0.2) is 42.2 Å². The number of carbonyl (C=O) groups is 1. The first kappa shape index (κ1) is 14.8. The third-order valence-electron chi connectivity index (χ3n) is 3.83. The molecule has 5 heteroatoms. The summed E-state index contributed by atoms with van der Waals surface area (Å²) in [4.78, 5) is 17.9. The average molecular weight is 277 g/mol. The first-order valence-electron chi connectivity index (χ1n) is 7.14. The summed E-state index contributed by atoms with van der Waals surface area (Å²) in [6.45, 7) is 0.582. The molecule has 20 heavy (non-hydrogen) atoms. The first-order valence-corrected chi connectivity index (χ1v) is 7.14. The van der Waals surface area contributed by atoms with Crippen LogP contribution in [0, 0.1) is 0 Å². The van der Waals surface area contributed by atoms with Gasteiger partial charge in [0.15, 0.2) is 0 Å². The van der Waals surface area contributed by atoms with Gasteiger partial charge in [0.05, 0.1) is 12.1 Å². The zero-order valence-corrected chi connectivity index (χ0v) is 12.2. The zero-order valence-electron chi connectivity index (χ0n) is 12.2. The van der Waals surface area contributed by atoms with Crippen molar-refractivity contribution in [3.8, 4) is 0 Å². The van der Waals surface area contributed by atoms with Crippen molar-refractivity contribution in [2.75, 3.05) is 14.2 Å². The molecule has 0 spiro atoms. The van der Waals surface area contributed by atoms with Gasteiger partial charge in [0.2, 0.25) is 0 Å². The molecule has 0 saturated heterocycles. The summed E-state index contributed by atoms with van der Waals surface area (Å²) in [5.74, 6) is 0. The van der Waals surface area contributed by atoms with Gasteiger partial charge < -0.3 is 15.0 Å². The number of methoxy groups -OCH3 is 1. The number of carbonyl (C=O) groups excluding carboxylic acids is 1. The van der Waals surface area contributed by atoms with E-state index < -0.39 is 0 Å². The van der Waals surface area contributed by atoms with E-state index in [0.29, 0.717) is 6.54 Å². The van der Waals surface area contributed by atoms with Gasteiger partial charge in [0.1, 0.15) is 0 Å². The number of hydrogen-bond donors (Lipinski definition) is 1. The van der Waals surface area contributed by atoms with E-state index in [1.54, 1.807) is 31.5 Å². The van der Waals surface area contributed by atoms with Crippen LogP contribution in [0.2, 0.25) is 0 Å². The molecule has 1 aromatic heterocycles. The zero-order chi connectivity index (χ0) is 14.4. The summed E-state index contributed by atoms with van der Waals surface area (Å²) in [6.07, 6.45) is 7.97. The fourth-order valence-corrected chi connectivity index (χ4v) is 2.65. The van der Waals surface area contributed by atoms with Gasteiger partial charge in [-0.3, -0.25) is 4.98 Å². The van der Waals surface area contributed by atoms with E-state index in [1.165, 1.54) is 6.42 Å². The molecule has 1 saturated carbocycles. The molecule has 2 atom stereocenters. The van der Waals surface area contributed by atoms with Crippen LogP contribution in [0.4, 0.5) is 4.79 Å². The van der Waals surface area contributed by atoms with E-state index in [-0.39, 0.29) is 18.2 Å². The maximum atomic E-state index is 12.2. The highest BCUT2D eigenvalue weighted by Gasteiger charge is 2.27. The van der Waals surface area contributed by atoms with Crippen LogP contribution in [0.15, 0.2) is 24.5 Å². The molecule has 0 bridgehead atoms. The van der Waals surface area contributed by atoms with Crippen LogP contribution in [0.5, 0.6) is 0 Å². The van der Waals surface area contributed by atoms with Crippen molar-refractivity contribution in [1.29, 1.82) is 0 Å². The molecule has 0 aliphatic heterocycles. The highest BCUT2D eigenvalue weighted by molar-refractivity contribution is 5.74. The lowest BCUT2D eigenvalue weighted by atomic mass is 9.92. The van der Waals surface area contributed by atoms with Crippen LogP contribution < -0.4 is 5.32 Å². The summed E-state index contributed by atoms with van der Waals surface area (Å²) in [7, 11) is 3.52. The standard InChI is InChI=1S/C15H23N3O2/c1-18(11-12-7-9-16-10-8-12)15(19)17-13-5-3-4-6-14(13)20-2/h7-10,13-14H,3-6,11H2,1-2H3,(H,17,19)/t13-,14+/m0/s1. The van der Waals surface area contributed by atoms with E-state index in [2.05, 4.69) is 10.3 Å². The summed E-state index contributed by atoms with van der Waals surface area (Å²) in [5, 5.41) is 3.09. The van der Waals surface area contributed by atoms with Crippen LogP contribution in [0.1, 0.15) is 31.2 Å². The molecule has 2 amide bonds. The predicted octanol–water partition coefficient (Wildman–Crippen LogP) is 2.18. The van der Waals surface area contributed by atoms with Crippen LogP contribution in [0.25, 0.3) is 0 Å². The maximum Gasteiger partial charge on any atom is 0.317 e. The third kappa shape index (κ3) is 3.93. The fraction of sp³-hybridized carbons (Fsp3) is 0.600. The monoisotopic (exact) mass is 277 g/mol. The summed E-state index contributed by atoms with van der Waals surface area (Å²) in [5.41, 5.74) is 1.07. The Kier molecular flexibility index (Phi) is 5.35. The van der Waals surface area contributed by atoms with Crippen molar-refractivity contribution in [3.05, 3.63) is 30.1 Å². The molecule has 110 valence electrons. The molecule has 1 aliphatic rings. The van der Waals surface area contributed by atoms with Crippen molar-refractivity contribution >= 4 is 6.03 Å². The number of ether oxygens (including phenoxy) is 1. The van der Waals surface area contributed by atoms with Gasteiger partial charge in [-0.2, -0.15) is 0 Å². The third-order valence-corrected chi connectivity index (χ3v) is 3.83. The number of nitrogens with zero attached hydrogens (tertiary/aromatic N) is 2. The minimum absolute atomic E-state index is 0.0456. The number of urea groups is 1. The molecule has 5 nitrogen and oxygen atoms in total. The molecule has 1 aromatic rings. The van der Waals surface area contributed by atoms with Crippen molar-refractivity contribution in [3.63, 3.8) is 0 Å². The first-order chi connectivity index (χ1) is 9.70. The Bertz CT molecular complexity index is 424. The smallest absolute Gasteiger partial charge is 0.317 e. The fourth-order valence-electron chi connectivity index (χ4n) is 2.65. The Morgan fingerprint density at radius 1 is 1.40 bits per heavy atom. The topological polar surface area (TPSA) is 54.5 Å². The maximum absolute atomic E-state index is 12.2. The number of nitrogens with one attached hydrogen (secondary N) is 1. The van der Waals surface area contributed by atoms with E-state index in [1.807, 2.05) is 12.1 Å². The Morgan fingerprint density at radius 2 is 2.10 bits per heavy atom. The summed E-state index contributed by atoms with van der Waals surface area (Å²) in [6, 6.07) is 3.92. The predicted molar refractivity (Wildman–Crippen MR) is 77.3 cm³/mol. The quantitative estimate of drug-likeness (QED) is 0.917. The minimum Gasteiger partial charge on any atom is -0.379 e. The lowest BCUT2D eigenvalue weighted by molar-refractivity contribution is 0.0434. The Morgan fingerprint density at radius 3 is 2.80 bits per heavy atom. The molecule has 0 radical (unpaired) electrons. The van der Waals surface area contributed by atoms with Gasteiger partial charge in [0, 0.05) is 33.1 Å². The largest absolute Gasteiger partial charge is 0.379 e. The van der Waals surface area contributed by atoms with Gasteiger partial charge in [-0.1, -0.05) is 12.8 Å². The number of rotatable bonds is 4. The molecule has 0 aromatic carbocycles. The lowest BCUT2D eigenvalue weighted by Crippen LogP contribution is -2.49. The van der Waals surface area contributed by atoms with Gasteiger partial charge in [0.25, 0.3) is 0 Å². The molecule has 2 rings (SSSR count). The molecule has 1 N–H and O–H groups in total. The van der Waals surface area contributed by atoms with Crippen molar-refractivity contribution in [2.24, 2.45) is 0 Å². The average Bonchev–Trinajstić information content (AvgIpc) is 2.48. The minimum atomic E-state index is -0.0456. The number of aromatic nitrogens is 1. The number of amides is 2. The molecule has 1 heterocycles. The van der Waals surface area contributed by atoms with E-state index in [0.717, 1.165) is 24.8 Å². The van der Waals surface area contributed by atoms with Crippen molar-refractivity contribution in [2.45, 2.75) is 44.4 Å². The normalized spacial score (nSPS) is 22.3. The second-order valence-corrected chi connectivity index (χ2v) is 5.33. The van der Waals surface area contributed by atoms with Crippen LogP contribution in [-0.2, 0) is 11.3 Å². The van der Waals surface area contributed by atoms with Crippen LogP contribution in [0.3, 0.4) is 0 Å². The van der Waals surface area contributed by atoms with E-state index >= 15 is 0 Å². The van der Waals surface area contributed by atoms with E-state index in [4.69, 9.17) is 4.74 Å². The number of pyridine rings is 1. The molecule has 0 unspecified atom stereocenters. The second-order valence-electron chi connectivity index (χ2n) is 5.33. The van der Waals surface area contributed by atoms with Crippen molar-refractivity contribution < 1.29 is 9.53 Å². The Hall–Kier alpha value is -1.62. The Labute approximate surface area is 120 Å². The van der Waals surface area contributed by atoms with Gasteiger partial charge in [-0.25, -0.2) is 4.79 Å². The van der Waals surface area contributed by atoms with Gasteiger partial charge >= 0.3 is 6.03 Å². The molecule has 1 fully saturated rings. The highest BCUT2D eigenvalue weighted by Crippen LogP contribution is 2.21. The van der Waals surface area contributed by atoms with Crippen molar-refractivity contribution in [1.82, 2.24) is 15.2 Å². The molecular weight excluding hydrogens is 254 g/mol. The molecule has 1 aliphatic carbocycles. The SMILES string of the molecule is CO[C@@H]1CCCC[C@@H]1NC(=O)N(C)Cc1ccncc1. The Balaban J connectivity index is 1.87. The van der Waals surface area contributed by atoms with Crippen LogP contribution >= 0.6 is 0 Å².